The van der Waals surface area contributed by atoms with E-state index in [1.165, 1.54) is 13.1 Å². The predicted molar refractivity (Wildman–Crippen MR) is 99.7 cm³/mol. The van der Waals surface area contributed by atoms with Crippen molar-refractivity contribution in [1.29, 1.82) is 0 Å². The molecule has 27 heavy (non-hydrogen) atoms. The minimum atomic E-state index is -1.09. The minimum absolute atomic E-state index is 0.0860. The van der Waals surface area contributed by atoms with Crippen molar-refractivity contribution in [2.75, 3.05) is 0 Å². The van der Waals surface area contributed by atoms with Crippen LogP contribution in [0.2, 0.25) is 0 Å². The quantitative estimate of drug-likeness (QED) is 0.597. The van der Waals surface area contributed by atoms with Gasteiger partial charge in [0.15, 0.2) is 11.2 Å². The normalized spacial score (nSPS) is 12.5. The fourth-order valence-electron chi connectivity index (χ4n) is 3.18. The SMILES string of the molecule is CCc1nn2c(nnc3c(=O)n(C(C)C(=O)O)ccc32)c1-c1ccccc1. The molecule has 1 aromatic carbocycles. The van der Waals surface area contributed by atoms with Crippen LogP contribution >= 0.6 is 0 Å². The van der Waals surface area contributed by atoms with Crippen molar-refractivity contribution < 1.29 is 9.90 Å². The molecule has 4 aromatic rings. The van der Waals surface area contributed by atoms with Gasteiger partial charge in [-0.3, -0.25) is 9.36 Å². The maximum atomic E-state index is 12.7. The fourth-order valence-corrected chi connectivity index (χ4v) is 3.18. The minimum Gasteiger partial charge on any atom is -0.480 e. The van der Waals surface area contributed by atoms with E-state index in [2.05, 4.69) is 15.3 Å². The van der Waals surface area contributed by atoms with E-state index in [0.29, 0.717) is 17.6 Å². The van der Waals surface area contributed by atoms with Crippen molar-refractivity contribution in [1.82, 2.24) is 24.4 Å². The van der Waals surface area contributed by atoms with Gasteiger partial charge >= 0.3 is 5.97 Å². The van der Waals surface area contributed by atoms with Crippen LogP contribution in [-0.2, 0) is 11.2 Å². The number of carboxylic acid groups (broad SMARTS) is 1. The Morgan fingerprint density at radius 2 is 1.93 bits per heavy atom. The van der Waals surface area contributed by atoms with Crippen molar-refractivity contribution >= 4 is 22.6 Å². The molecule has 8 heteroatoms. The monoisotopic (exact) mass is 363 g/mol. The Morgan fingerprint density at radius 1 is 1.19 bits per heavy atom. The Bertz CT molecular complexity index is 1230. The van der Waals surface area contributed by atoms with Crippen LogP contribution in [0.1, 0.15) is 25.6 Å². The van der Waals surface area contributed by atoms with Crippen LogP contribution in [0.5, 0.6) is 0 Å². The molecule has 1 unspecified atom stereocenters. The van der Waals surface area contributed by atoms with Gasteiger partial charge in [-0.1, -0.05) is 37.3 Å². The van der Waals surface area contributed by atoms with Crippen molar-refractivity contribution in [2.24, 2.45) is 0 Å². The summed E-state index contributed by atoms with van der Waals surface area (Å²) in [7, 11) is 0. The highest BCUT2D eigenvalue weighted by Crippen LogP contribution is 2.28. The van der Waals surface area contributed by atoms with Crippen LogP contribution in [0.25, 0.3) is 27.8 Å². The van der Waals surface area contributed by atoms with Crippen LogP contribution in [0, 0.1) is 0 Å². The first-order valence-corrected chi connectivity index (χ1v) is 8.60. The number of aliphatic carboxylic acids is 1. The highest BCUT2D eigenvalue weighted by Gasteiger charge is 2.21. The lowest BCUT2D eigenvalue weighted by atomic mass is 10.0. The van der Waals surface area contributed by atoms with E-state index < -0.39 is 17.6 Å². The van der Waals surface area contributed by atoms with Crippen LogP contribution in [-0.4, -0.2) is 35.5 Å². The fraction of sp³-hybridized carbons (Fsp3) is 0.211. The van der Waals surface area contributed by atoms with Crippen LogP contribution in [0.3, 0.4) is 0 Å². The summed E-state index contributed by atoms with van der Waals surface area (Å²) in [5.41, 5.74) is 3.35. The summed E-state index contributed by atoms with van der Waals surface area (Å²) in [6.45, 7) is 3.45. The first-order valence-electron chi connectivity index (χ1n) is 8.60. The molecule has 0 aliphatic carbocycles. The smallest absolute Gasteiger partial charge is 0.326 e. The number of nitrogens with zero attached hydrogens (tertiary/aromatic N) is 5. The number of aromatic nitrogens is 5. The summed E-state index contributed by atoms with van der Waals surface area (Å²) >= 11 is 0. The van der Waals surface area contributed by atoms with Gasteiger partial charge in [-0.15, -0.1) is 10.2 Å². The summed E-state index contributed by atoms with van der Waals surface area (Å²) in [5, 5.41) is 22.2. The zero-order valence-electron chi connectivity index (χ0n) is 14.8. The lowest BCUT2D eigenvalue weighted by Gasteiger charge is -2.11. The molecule has 0 amide bonds. The van der Waals surface area contributed by atoms with E-state index in [9.17, 15) is 14.7 Å². The average Bonchev–Trinajstić information content (AvgIpc) is 3.07. The Hall–Kier alpha value is -3.55. The van der Waals surface area contributed by atoms with Crippen molar-refractivity contribution in [2.45, 2.75) is 26.3 Å². The van der Waals surface area contributed by atoms with Gasteiger partial charge in [0, 0.05) is 6.20 Å². The molecule has 0 spiro atoms. The summed E-state index contributed by atoms with van der Waals surface area (Å²) < 4.78 is 2.74. The maximum Gasteiger partial charge on any atom is 0.326 e. The van der Waals surface area contributed by atoms with E-state index in [1.54, 1.807) is 10.6 Å². The zero-order chi connectivity index (χ0) is 19.1. The third-order valence-electron chi connectivity index (χ3n) is 4.65. The third kappa shape index (κ3) is 2.57. The molecule has 0 radical (unpaired) electrons. The van der Waals surface area contributed by atoms with Gasteiger partial charge in [-0.2, -0.15) is 5.10 Å². The van der Waals surface area contributed by atoms with Gasteiger partial charge in [0.25, 0.3) is 5.56 Å². The van der Waals surface area contributed by atoms with Gasteiger partial charge < -0.3 is 5.11 Å². The molecule has 4 rings (SSSR count). The number of hydrogen-bond donors (Lipinski definition) is 1. The van der Waals surface area contributed by atoms with E-state index in [4.69, 9.17) is 0 Å². The van der Waals surface area contributed by atoms with E-state index in [-0.39, 0.29) is 5.52 Å². The summed E-state index contributed by atoms with van der Waals surface area (Å²) in [5.74, 6) is -1.09. The van der Waals surface area contributed by atoms with Crippen LogP contribution in [0.4, 0.5) is 0 Å². The van der Waals surface area contributed by atoms with E-state index in [1.807, 2.05) is 37.3 Å². The second-order valence-corrected chi connectivity index (χ2v) is 6.25. The van der Waals surface area contributed by atoms with Gasteiger partial charge in [0.1, 0.15) is 11.6 Å². The van der Waals surface area contributed by atoms with Crippen LogP contribution in [0.15, 0.2) is 47.4 Å². The van der Waals surface area contributed by atoms with Crippen molar-refractivity contribution in [3.05, 3.63) is 58.6 Å². The molecule has 3 aromatic heterocycles. The molecule has 0 fully saturated rings. The molecular formula is C19H17N5O3. The number of benzene rings is 1. The number of carbonyl (C=O) groups is 1. The summed E-state index contributed by atoms with van der Waals surface area (Å²) in [6, 6.07) is 10.4. The lowest BCUT2D eigenvalue weighted by Crippen LogP contribution is -2.28. The largest absolute Gasteiger partial charge is 0.480 e. The number of fused-ring (bicyclic) bond motifs is 3. The van der Waals surface area contributed by atoms with Gasteiger partial charge in [0.05, 0.1) is 11.3 Å². The molecule has 0 saturated heterocycles. The predicted octanol–water partition coefficient (Wildman–Crippen LogP) is 2.31. The average molecular weight is 363 g/mol. The summed E-state index contributed by atoms with van der Waals surface area (Å²) in [4.78, 5) is 23.9. The highest BCUT2D eigenvalue weighted by atomic mass is 16.4. The molecule has 0 saturated carbocycles. The second kappa shape index (κ2) is 6.31. The number of aryl methyl sites for hydroxylation is 1. The van der Waals surface area contributed by atoms with Gasteiger partial charge in [0.2, 0.25) is 0 Å². The Labute approximate surface area is 153 Å². The molecule has 0 bridgehead atoms. The number of pyridine rings is 1. The lowest BCUT2D eigenvalue weighted by molar-refractivity contribution is -0.140. The molecule has 3 heterocycles. The zero-order valence-corrected chi connectivity index (χ0v) is 14.8. The number of carboxylic acids is 1. The van der Waals surface area contributed by atoms with Crippen LogP contribution < -0.4 is 5.56 Å². The van der Waals surface area contributed by atoms with E-state index in [0.717, 1.165) is 21.4 Å². The molecule has 1 atom stereocenters. The Kier molecular flexibility index (Phi) is 3.95. The molecule has 0 aliphatic rings. The summed E-state index contributed by atoms with van der Waals surface area (Å²) in [6.07, 6.45) is 2.16. The second-order valence-electron chi connectivity index (χ2n) is 6.25. The topological polar surface area (TPSA) is 102 Å². The van der Waals surface area contributed by atoms with Gasteiger partial charge in [-0.25, -0.2) is 9.31 Å². The highest BCUT2D eigenvalue weighted by molar-refractivity contribution is 5.84. The molecule has 0 aliphatic heterocycles. The number of hydrogen-bond acceptors (Lipinski definition) is 5. The molecular weight excluding hydrogens is 346 g/mol. The third-order valence-corrected chi connectivity index (χ3v) is 4.65. The number of rotatable bonds is 4. The first kappa shape index (κ1) is 16.9. The molecule has 1 N–H and O–H groups in total. The first-order chi connectivity index (χ1) is 13.0. The van der Waals surface area contributed by atoms with Crippen molar-refractivity contribution in [3.63, 3.8) is 0 Å². The maximum absolute atomic E-state index is 12.7. The van der Waals surface area contributed by atoms with E-state index >= 15 is 0 Å². The Morgan fingerprint density at radius 3 is 2.59 bits per heavy atom. The molecule has 136 valence electrons. The Balaban J connectivity index is 2.03. The van der Waals surface area contributed by atoms with Crippen molar-refractivity contribution in [3.8, 4) is 11.1 Å². The molecule has 8 nitrogen and oxygen atoms in total. The standard InChI is InChI=1S/C19H17N5O3/c1-3-13-15(12-7-5-4-6-8-12)17-21-20-16-14(24(17)22-13)9-10-23(18(16)25)11(2)19(26)27/h4-11H,3H2,1-2H3,(H,26,27). The van der Waals surface area contributed by atoms with Gasteiger partial charge in [-0.05, 0) is 25.0 Å².